The Kier molecular flexibility index (Phi) is 6.83. The number of aryl methyl sites for hydroxylation is 2. The molecule has 0 saturated heterocycles. The van der Waals surface area contributed by atoms with Crippen molar-refractivity contribution >= 4 is 21.7 Å². The normalized spacial score (nSPS) is 13.8. The minimum absolute atomic E-state index is 0.0358. The molecule has 1 aliphatic rings. The molecule has 7 nitrogen and oxygen atoms in total. The number of pyridine rings is 1. The molecular weight excluding hydrogens is 459 g/mol. The minimum atomic E-state index is -4.10. The van der Waals surface area contributed by atoms with E-state index in [2.05, 4.69) is 4.98 Å². The van der Waals surface area contributed by atoms with Crippen LogP contribution >= 0.6 is 0 Å². The van der Waals surface area contributed by atoms with Gasteiger partial charge in [0, 0.05) is 12.4 Å². The van der Waals surface area contributed by atoms with Crippen molar-refractivity contribution in [3.05, 3.63) is 83.2 Å². The summed E-state index contributed by atoms with van der Waals surface area (Å²) < 4.78 is 48.3. The molecule has 0 aliphatic heterocycles. The van der Waals surface area contributed by atoms with Gasteiger partial charge in [-0.3, -0.25) is 9.29 Å². The fourth-order valence-electron chi connectivity index (χ4n) is 3.98. The third-order valence-electron chi connectivity index (χ3n) is 5.68. The zero-order chi connectivity index (χ0) is 24.3. The summed E-state index contributed by atoms with van der Waals surface area (Å²) in [5, 5.41) is 9.08. The third kappa shape index (κ3) is 5.04. The van der Waals surface area contributed by atoms with Crippen molar-refractivity contribution in [2.24, 2.45) is 0 Å². The van der Waals surface area contributed by atoms with Crippen molar-refractivity contribution in [2.75, 3.05) is 10.8 Å². The fraction of sp³-hybridized carbons (Fsp3) is 0.280. The molecule has 1 aliphatic carbocycles. The molecule has 0 bridgehead atoms. The number of ether oxygens (including phenoxy) is 1. The average molecular weight is 485 g/mol. The zero-order valence-electron chi connectivity index (χ0n) is 18.6. The van der Waals surface area contributed by atoms with Gasteiger partial charge in [-0.2, -0.15) is 0 Å². The van der Waals surface area contributed by atoms with Gasteiger partial charge in [0.1, 0.15) is 23.4 Å². The van der Waals surface area contributed by atoms with Crippen LogP contribution in [0.1, 0.15) is 40.4 Å². The molecule has 0 fully saturated rings. The van der Waals surface area contributed by atoms with Gasteiger partial charge in [-0.05, 0) is 79.3 Å². The Morgan fingerprint density at radius 1 is 1.18 bits per heavy atom. The maximum Gasteiger partial charge on any atom is 0.335 e. The van der Waals surface area contributed by atoms with E-state index in [1.54, 1.807) is 18.2 Å². The molecule has 0 amide bonds. The molecule has 4 rings (SSSR count). The van der Waals surface area contributed by atoms with Gasteiger partial charge in [-0.1, -0.05) is 12.1 Å². The van der Waals surface area contributed by atoms with E-state index >= 15 is 0 Å². The number of carboxylic acid groups (broad SMARTS) is 1. The predicted molar refractivity (Wildman–Crippen MR) is 126 cm³/mol. The van der Waals surface area contributed by atoms with E-state index in [1.165, 1.54) is 43.6 Å². The number of carboxylic acids is 1. The smallest absolute Gasteiger partial charge is 0.335 e. The van der Waals surface area contributed by atoms with Crippen molar-refractivity contribution in [1.82, 2.24) is 4.98 Å². The molecular formula is C25H25FN2O5S. The number of nitrogens with zero attached hydrogens (tertiary/aromatic N) is 2. The second kappa shape index (κ2) is 9.80. The molecule has 2 aromatic carbocycles. The summed E-state index contributed by atoms with van der Waals surface area (Å²) in [4.78, 5) is 15.0. The van der Waals surface area contributed by atoms with E-state index in [1.807, 2.05) is 6.07 Å². The summed E-state index contributed by atoms with van der Waals surface area (Å²) in [7, 11) is -4.10. The number of benzene rings is 2. The Bertz CT molecular complexity index is 1280. The molecule has 1 N–H and O–H groups in total. The van der Waals surface area contributed by atoms with Crippen LogP contribution in [-0.2, 0) is 29.5 Å². The molecule has 0 spiro atoms. The van der Waals surface area contributed by atoms with Crippen molar-refractivity contribution in [1.29, 1.82) is 0 Å². The van der Waals surface area contributed by atoms with Gasteiger partial charge in [0.05, 0.1) is 17.8 Å². The number of sulfonamides is 1. The first kappa shape index (κ1) is 23.7. The lowest BCUT2D eigenvalue weighted by atomic mass is 10.1. The number of aromatic carboxylic acids is 1. The second-order valence-corrected chi connectivity index (χ2v) is 10.1. The summed E-state index contributed by atoms with van der Waals surface area (Å²) in [5.41, 5.74) is 3.25. The summed E-state index contributed by atoms with van der Waals surface area (Å²) in [5.74, 6) is -0.693. The van der Waals surface area contributed by atoms with Gasteiger partial charge in [0.15, 0.2) is 0 Å². The molecule has 178 valence electrons. The lowest BCUT2D eigenvalue weighted by Gasteiger charge is -2.27. The summed E-state index contributed by atoms with van der Waals surface area (Å²) in [6.45, 7) is 1.03. The summed E-state index contributed by atoms with van der Waals surface area (Å²) in [6, 6.07) is 12.8. The second-order valence-electron chi connectivity index (χ2n) is 8.24. The Morgan fingerprint density at radius 3 is 2.50 bits per heavy atom. The Labute approximate surface area is 197 Å². The number of alkyl halides is 1. The number of aromatic nitrogens is 1. The highest BCUT2D eigenvalue weighted by Crippen LogP contribution is 2.39. The van der Waals surface area contributed by atoms with Gasteiger partial charge >= 0.3 is 5.97 Å². The van der Waals surface area contributed by atoms with Crippen LogP contribution in [0.2, 0.25) is 0 Å². The molecule has 1 heterocycles. The summed E-state index contributed by atoms with van der Waals surface area (Å²) >= 11 is 0. The van der Waals surface area contributed by atoms with E-state index in [0.717, 1.165) is 40.3 Å². The fourth-order valence-corrected chi connectivity index (χ4v) is 5.49. The highest BCUT2D eigenvalue weighted by molar-refractivity contribution is 7.92. The first-order chi connectivity index (χ1) is 16.3. The molecule has 34 heavy (non-hydrogen) atoms. The lowest BCUT2D eigenvalue weighted by molar-refractivity contribution is 0.0696. The minimum Gasteiger partial charge on any atom is -0.487 e. The first-order valence-electron chi connectivity index (χ1n) is 10.9. The van der Waals surface area contributed by atoms with Gasteiger partial charge in [0.2, 0.25) is 0 Å². The van der Waals surface area contributed by atoms with Crippen LogP contribution in [0.4, 0.5) is 10.1 Å². The summed E-state index contributed by atoms with van der Waals surface area (Å²) in [6.07, 6.45) is 3.91. The Balaban J connectivity index is 1.73. The Hall–Kier alpha value is -3.46. The predicted octanol–water partition coefficient (Wildman–Crippen LogP) is 4.40. The molecule has 3 aromatic rings. The number of halogens is 1. The van der Waals surface area contributed by atoms with Crippen LogP contribution in [0.5, 0.6) is 5.75 Å². The van der Waals surface area contributed by atoms with Crippen LogP contribution in [0.3, 0.4) is 0 Å². The zero-order valence-corrected chi connectivity index (χ0v) is 19.5. The molecule has 0 saturated carbocycles. The third-order valence-corrected chi connectivity index (χ3v) is 7.44. The van der Waals surface area contributed by atoms with Gasteiger partial charge < -0.3 is 9.84 Å². The van der Waals surface area contributed by atoms with Crippen LogP contribution in [-0.4, -0.2) is 37.2 Å². The van der Waals surface area contributed by atoms with Crippen molar-refractivity contribution in [2.45, 2.75) is 43.9 Å². The highest BCUT2D eigenvalue weighted by Gasteiger charge is 2.30. The van der Waals surface area contributed by atoms with Crippen LogP contribution < -0.4 is 9.04 Å². The van der Waals surface area contributed by atoms with Gasteiger partial charge in [-0.25, -0.2) is 17.6 Å². The number of hydrogen-bond acceptors (Lipinski definition) is 5. The topological polar surface area (TPSA) is 96.8 Å². The van der Waals surface area contributed by atoms with Crippen molar-refractivity contribution in [3.63, 3.8) is 0 Å². The maximum atomic E-state index is 14.2. The number of hydrogen-bond donors (Lipinski definition) is 1. The number of rotatable bonds is 9. The quantitative estimate of drug-likeness (QED) is 0.484. The van der Waals surface area contributed by atoms with E-state index in [-0.39, 0.29) is 29.3 Å². The number of carbonyl (C=O) groups is 1. The molecule has 1 aromatic heterocycles. The van der Waals surface area contributed by atoms with E-state index in [4.69, 9.17) is 9.84 Å². The van der Waals surface area contributed by atoms with Gasteiger partial charge in [-0.15, -0.1) is 0 Å². The lowest BCUT2D eigenvalue weighted by Crippen LogP contribution is -2.36. The highest BCUT2D eigenvalue weighted by atomic mass is 32.2. The molecule has 1 atom stereocenters. The monoisotopic (exact) mass is 484 g/mol. The molecule has 0 unspecified atom stereocenters. The van der Waals surface area contributed by atoms with E-state index in [0.29, 0.717) is 5.75 Å². The van der Waals surface area contributed by atoms with Crippen molar-refractivity contribution < 1.29 is 27.4 Å². The van der Waals surface area contributed by atoms with Crippen molar-refractivity contribution in [3.8, 4) is 5.75 Å². The standard InChI is InChI=1S/C25H25FN2O5S/c1-17(26)15-28(34(31,32)22-6-3-11-27-14-22)23-12-20-4-2-5-21(20)13-24(23)33-16-18-7-9-19(10-8-18)25(29)30/h3,6-14,17H,2,4-5,15-16H2,1H3,(H,29,30)/t17-/m0/s1. The Morgan fingerprint density at radius 2 is 1.88 bits per heavy atom. The van der Waals surface area contributed by atoms with E-state index < -0.39 is 22.2 Å². The van der Waals surface area contributed by atoms with E-state index in [9.17, 15) is 17.6 Å². The first-order valence-corrected chi connectivity index (χ1v) is 12.4. The molecule has 9 heteroatoms. The largest absolute Gasteiger partial charge is 0.487 e. The average Bonchev–Trinajstić information content (AvgIpc) is 3.28. The van der Waals surface area contributed by atoms with Crippen LogP contribution in [0, 0.1) is 0 Å². The molecule has 0 radical (unpaired) electrons. The SMILES string of the molecule is C[C@H](F)CN(c1cc2c(cc1OCc1ccc(C(=O)O)cc1)CCC2)S(=O)(=O)c1cccnc1. The number of anilines is 1. The van der Waals surface area contributed by atoms with Crippen LogP contribution in [0.25, 0.3) is 0 Å². The maximum absolute atomic E-state index is 14.2. The van der Waals surface area contributed by atoms with Crippen LogP contribution in [0.15, 0.2) is 65.8 Å². The number of fused-ring (bicyclic) bond motifs is 1. The van der Waals surface area contributed by atoms with Gasteiger partial charge in [0.25, 0.3) is 10.0 Å².